The molecule has 4 nitrogen and oxygen atoms in total. The molecule has 0 amide bonds. The molecule has 2 heterocycles. The second kappa shape index (κ2) is 6.34. The Balaban J connectivity index is 1.76. The Bertz CT molecular complexity index is 655. The summed E-state index contributed by atoms with van der Waals surface area (Å²) in [6.07, 6.45) is 5.53. The maximum absolute atomic E-state index is 5.93. The van der Waals surface area contributed by atoms with Crippen LogP contribution in [0.3, 0.4) is 0 Å². The quantitative estimate of drug-likeness (QED) is 0.867. The summed E-state index contributed by atoms with van der Waals surface area (Å²) in [4.78, 5) is 8.65. The van der Waals surface area contributed by atoms with Gasteiger partial charge >= 0.3 is 0 Å². The van der Waals surface area contributed by atoms with Crippen LogP contribution in [0.25, 0.3) is 0 Å². The average molecular weight is 298 g/mol. The third-order valence-corrected chi connectivity index (χ3v) is 4.19. The molecule has 1 aliphatic heterocycles. The van der Waals surface area contributed by atoms with E-state index in [0.717, 1.165) is 36.6 Å². The fourth-order valence-corrected chi connectivity index (χ4v) is 2.97. The van der Waals surface area contributed by atoms with Gasteiger partial charge in [-0.15, -0.1) is 0 Å². The maximum Gasteiger partial charge on any atom is 0.126 e. The molecular weight excluding hydrogens is 276 g/mol. The third kappa shape index (κ3) is 3.06. The highest BCUT2D eigenvalue weighted by atomic mass is 16.5. The van der Waals surface area contributed by atoms with Crippen LogP contribution in [0.2, 0.25) is 0 Å². The van der Waals surface area contributed by atoms with E-state index in [1.807, 2.05) is 18.3 Å². The van der Waals surface area contributed by atoms with Crippen molar-refractivity contribution in [2.24, 2.45) is 5.92 Å². The second-order valence-electron chi connectivity index (χ2n) is 6.14. The highest BCUT2D eigenvalue weighted by molar-refractivity contribution is 5.42. The molecule has 3 rings (SSSR count). The lowest BCUT2D eigenvalue weighted by Gasteiger charge is -2.26. The van der Waals surface area contributed by atoms with Crippen LogP contribution in [0.5, 0.6) is 11.5 Å². The number of nitrogens with zero attached hydrogens (tertiary/aromatic N) is 2. The number of ether oxygens (including phenoxy) is 2. The molecular formula is C18H22N2O2. The topological polar surface area (TPSA) is 44.2 Å². The van der Waals surface area contributed by atoms with Gasteiger partial charge in [-0.1, -0.05) is 19.9 Å². The fourth-order valence-electron chi connectivity index (χ4n) is 2.97. The number of rotatable bonds is 4. The van der Waals surface area contributed by atoms with Gasteiger partial charge < -0.3 is 9.47 Å². The first kappa shape index (κ1) is 14.8. The van der Waals surface area contributed by atoms with E-state index in [4.69, 9.17) is 9.47 Å². The van der Waals surface area contributed by atoms with E-state index >= 15 is 0 Å². The maximum atomic E-state index is 5.93. The average Bonchev–Trinajstić information content (AvgIpc) is 2.54. The van der Waals surface area contributed by atoms with Gasteiger partial charge in [0, 0.05) is 23.9 Å². The van der Waals surface area contributed by atoms with E-state index in [0.29, 0.717) is 11.8 Å². The predicted molar refractivity (Wildman–Crippen MR) is 85.5 cm³/mol. The van der Waals surface area contributed by atoms with Crippen molar-refractivity contribution >= 4 is 0 Å². The highest BCUT2D eigenvalue weighted by Gasteiger charge is 2.22. The monoisotopic (exact) mass is 298 g/mol. The van der Waals surface area contributed by atoms with E-state index in [9.17, 15) is 0 Å². The molecule has 0 radical (unpaired) electrons. The van der Waals surface area contributed by atoms with Crippen molar-refractivity contribution in [3.05, 3.63) is 47.5 Å². The van der Waals surface area contributed by atoms with Crippen molar-refractivity contribution < 1.29 is 9.47 Å². The largest absolute Gasteiger partial charge is 0.497 e. The molecule has 4 heteroatoms. The third-order valence-electron chi connectivity index (χ3n) is 4.19. The summed E-state index contributed by atoms with van der Waals surface area (Å²) in [5.41, 5.74) is 3.63. The summed E-state index contributed by atoms with van der Waals surface area (Å²) in [5, 5.41) is 0. The van der Waals surface area contributed by atoms with Crippen LogP contribution in [-0.4, -0.2) is 23.7 Å². The summed E-state index contributed by atoms with van der Waals surface area (Å²) < 4.78 is 11.2. The van der Waals surface area contributed by atoms with Crippen molar-refractivity contribution in [1.82, 2.24) is 9.97 Å². The van der Waals surface area contributed by atoms with Crippen LogP contribution in [0.1, 0.15) is 36.6 Å². The Hall–Kier alpha value is -2.10. The summed E-state index contributed by atoms with van der Waals surface area (Å²) >= 11 is 0. The Morgan fingerprint density at radius 2 is 2.23 bits per heavy atom. The summed E-state index contributed by atoms with van der Waals surface area (Å²) in [5.74, 6) is 2.68. The van der Waals surface area contributed by atoms with Crippen molar-refractivity contribution in [2.45, 2.75) is 32.6 Å². The van der Waals surface area contributed by atoms with Gasteiger partial charge in [-0.3, -0.25) is 0 Å². The zero-order chi connectivity index (χ0) is 15.5. The molecule has 1 aromatic carbocycles. The zero-order valence-corrected chi connectivity index (χ0v) is 13.4. The SMILES string of the molecule is COc1ccc2c(c1)OC[C@@H](Cc1ncncc1C(C)C)C2. The number of benzene rings is 1. The molecule has 116 valence electrons. The van der Waals surface area contributed by atoms with Crippen LogP contribution >= 0.6 is 0 Å². The molecule has 0 N–H and O–H groups in total. The van der Waals surface area contributed by atoms with Gasteiger partial charge in [-0.05, 0) is 36.0 Å². The number of aromatic nitrogens is 2. The van der Waals surface area contributed by atoms with Crippen LogP contribution in [0.15, 0.2) is 30.7 Å². The molecule has 2 aromatic rings. The van der Waals surface area contributed by atoms with Crippen LogP contribution in [0.4, 0.5) is 0 Å². The Morgan fingerprint density at radius 3 is 3.00 bits per heavy atom. The van der Waals surface area contributed by atoms with E-state index in [1.54, 1.807) is 13.4 Å². The first-order valence-electron chi connectivity index (χ1n) is 7.76. The van der Waals surface area contributed by atoms with Crippen molar-refractivity contribution in [2.75, 3.05) is 13.7 Å². The lowest BCUT2D eigenvalue weighted by atomic mass is 9.90. The smallest absolute Gasteiger partial charge is 0.126 e. The van der Waals surface area contributed by atoms with Crippen LogP contribution < -0.4 is 9.47 Å². The molecule has 0 saturated heterocycles. The van der Waals surface area contributed by atoms with E-state index in [-0.39, 0.29) is 0 Å². The number of methoxy groups -OCH3 is 1. The lowest BCUT2D eigenvalue weighted by Crippen LogP contribution is -2.24. The minimum atomic E-state index is 0.442. The van der Waals surface area contributed by atoms with Crippen molar-refractivity contribution in [3.8, 4) is 11.5 Å². The Morgan fingerprint density at radius 1 is 1.36 bits per heavy atom. The zero-order valence-electron chi connectivity index (χ0n) is 13.4. The molecule has 1 aliphatic rings. The van der Waals surface area contributed by atoms with Crippen LogP contribution in [0, 0.1) is 5.92 Å². The Labute approximate surface area is 131 Å². The number of hydrogen-bond donors (Lipinski definition) is 0. The van der Waals surface area contributed by atoms with Gasteiger partial charge in [0.25, 0.3) is 0 Å². The summed E-state index contributed by atoms with van der Waals surface area (Å²) in [7, 11) is 1.68. The molecule has 0 unspecified atom stereocenters. The van der Waals surface area contributed by atoms with Gasteiger partial charge in [0.05, 0.1) is 13.7 Å². The number of fused-ring (bicyclic) bond motifs is 1. The summed E-state index contributed by atoms with van der Waals surface area (Å²) in [6, 6.07) is 6.06. The highest BCUT2D eigenvalue weighted by Crippen LogP contribution is 2.32. The fraction of sp³-hybridized carbons (Fsp3) is 0.444. The van der Waals surface area contributed by atoms with E-state index in [1.165, 1.54) is 11.1 Å². The normalized spacial score (nSPS) is 17.0. The second-order valence-corrected chi connectivity index (χ2v) is 6.14. The molecule has 0 fully saturated rings. The molecule has 0 aliphatic carbocycles. The minimum absolute atomic E-state index is 0.442. The Kier molecular flexibility index (Phi) is 4.27. The first-order valence-corrected chi connectivity index (χ1v) is 7.76. The molecule has 22 heavy (non-hydrogen) atoms. The van der Waals surface area contributed by atoms with E-state index in [2.05, 4.69) is 29.9 Å². The molecule has 1 aromatic heterocycles. The van der Waals surface area contributed by atoms with Gasteiger partial charge in [0.1, 0.15) is 17.8 Å². The van der Waals surface area contributed by atoms with Gasteiger partial charge in [-0.25, -0.2) is 9.97 Å². The van der Waals surface area contributed by atoms with Gasteiger partial charge in [-0.2, -0.15) is 0 Å². The standard InChI is InChI=1S/C18H22N2O2/c1-12(2)16-9-19-11-20-17(16)7-13-6-14-4-5-15(21-3)8-18(14)22-10-13/h4-5,8-9,11-13H,6-7,10H2,1-3H3/t13-/m1/s1. The minimum Gasteiger partial charge on any atom is -0.497 e. The molecule has 0 bridgehead atoms. The van der Waals surface area contributed by atoms with Gasteiger partial charge in [0.15, 0.2) is 0 Å². The van der Waals surface area contributed by atoms with Crippen molar-refractivity contribution in [1.29, 1.82) is 0 Å². The molecule has 0 spiro atoms. The predicted octanol–water partition coefficient (Wildman–Crippen LogP) is 3.40. The number of hydrogen-bond acceptors (Lipinski definition) is 4. The lowest BCUT2D eigenvalue weighted by molar-refractivity contribution is 0.219. The van der Waals surface area contributed by atoms with Crippen molar-refractivity contribution in [3.63, 3.8) is 0 Å². The molecule has 1 atom stereocenters. The summed E-state index contributed by atoms with van der Waals surface area (Å²) in [6.45, 7) is 5.09. The first-order chi connectivity index (χ1) is 10.7. The van der Waals surface area contributed by atoms with Crippen LogP contribution in [-0.2, 0) is 12.8 Å². The van der Waals surface area contributed by atoms with Gasteiger partial charge in [0.2, 0.25) is 0 Å². The van der Waals surface area contributed by atoms with E-state index < -0.39 is 0 Å². The molecule has 0 saturated carbocycles.